The molecule has 1 N–H and O–H groups in total. The van der Waals surface area contributed by atoms with Crippen LogP contribution in [0.5, 0.6) is 0 Å². The van der Waals surface area contributed by atoms with Crippen LogP contribution in [0.15, 0.2) is 72.8 Å². The maximum absolute atomic E-state index is 12.7. The van der Waals surface area contributed by atoms with Gasteiger partial charge in [0.05, 0.1) is 0 Å². The van der Waals surface area contributed by atoms with Crippen molar-refractivity contribution in [2.75, 3.05) is 16.8 Å². The topological polar surface area (TPSA) is 49.4 Å². The third-order valence-electron chi connectivity index (χ3n) is 5.69. The molecule has 0 atom stereocenters. The lowest BCUT2D eigenvalue weighted by Crippen LogP contribution is -2.30. The average molecular weight is 382 g/mol. The first-order valence-corrected chi connectivity index (χ1v) is 10.1. The number of nitrogens with one attached hydrogen (secondary N) is 1. The highest BCUT2D eigenvalue weighted by Gasteiger charge is 2.36. The van der Waals surface area contributed by atoms with Crippen molar-refractivity contribution in [3.05, 3.63) is 83.9 Å². The van der Waals surface area contributed by atoms with Gasteiger partial charge in [0, 0.05) is 29.4 Å². The molecule has 0 spiro atoms. The molecular formula is C25H22N2O2. The summed E-state index contributed by atoms with van der Waals surface area (Å²) < 4.78 is 0. The minimum atomic E-state index is -0.150. The van der Waals surface area contributed by atoms with E-state index in [9.17, 15) is 9.59 Å². The molecule has 1 heterocycles. The number of carbonyl (C=O) groups excluding carboxylic acids is 2. The number of hydrogen-bond donors (Lipinski definition) is 1. The molecule has 0 saturated heterocycles. The van der Waals surface area contributed by atoms with Crippen LogP contribution in [0.3, 0.4) is 0 Å². The van der Waals surface area contributed by atoms with Crippen LogP contribution in [-0.2, 0) is 11.2 Å². The molecule has 0 aromatic heterocycles. The highest BCUT2D eigenvalue weighted by Crippen LogP contribution is 2.37. The molecule has 2 amide bonds. The summed E-state index contributed by atoms with van der Waals surface area (Å²) in [6.45, 7) is 0.739. The highest BCUT2D eigenvalue weighted by molar-refractivity contribution is 6.05. The van der Waals surface area contributed by atoms with Gasteiger partial charge < -0.3 is 10.2 Å². The van der Waals surface area contributed by atoms with E-state index in [0.717, 1.165) is 48.3 Å². The molecule has 0 bridgehead atoms. The smallest absolute Gasteiger partial charge is 0.255 e. The van der Waals surface area contributed by atoms with Gasteiger partial charge in [-0.3, -0.25) is 9.59 Å². The van der Waals surface area contributed by atoms with Gasteiger partial charge >= 0.3 is 0 Å². The Labute approximate surface area is 170 Å². The molecule has 29 heavy (non-hydrogen) atoms. The number of hydrogen-bond acceptors (Lipinski definition) is 2. The molecule has 3 aromatic rings. The minimum Gasteiger partial charge on any atom is -0.322 e. The van der Waals surface area contributed by atoms with Crippen LogP contribution in [0.1, 0.15) is 28.8 Å². The molecule has 0 unspecified atom stereocenters. The highest BCUT2D eigenvalue weighted by atomic mass is 16.2. The van der Waals surface area contributed by atoms with Crippen LogP contribution >= 0.6 is 0 Å². The predicted octanol–water partition coefficient (Wildman–Crippen LogP) is 4.91. The number of benzene rings is 3. The Balaban J connectivity index is 1.32. The zero-order valence-electron chi connectivity index (χ0n) is 16.1. The molecule has 1 fully saturated rings. The number of rotatable bonds is 4. The Bertz CT molecular complexity index is 1070. The van der Waals surface area contributed by atoms with E-state index in [2.05, 4.69) is 5.32 Å². The van der Waals surface area contributed by atoms with Crippen LogP contribution in [0.4, 0.5) is 11.4 Å². The molecule has 5 rings (SSSR count). The SMILES string of the molecule is O=C(Nc1ccc2c(c1)N(C(=O)C1CC1)CC2)c1ccc(-c2ccccc2)cc1. The molecule has 1 aliphatic carbocycles. The van der Waals surface area contributed by atoms with Crippen molar-refractivity contribution in [1.29, 1.82) is 0 Å². The van der Waals surface area contributed by atoms with Crippen LogP contribution in [0, 0.1) is 5.92 Å². The van der Waals surface area contributed by atoms with Crippen LogP contribution < -0.4 is 10.2 Å². The Morgan fingerprint density at radius 1 is 0.862 bits per heavy atom. The van der Waals surface area contributed by atoms with Crippen molar-refractivity contribution >= 4 is 23.2 Å². The monoisotopic (exact) mass is 382 g/mol. The van der Waals surface area contributed by atoms with Crippen LogP contribution in [0.25, 0.3) is 11.1 Å². The number of fused-ring (bicyclic) bond motifs is 1. The Morgan fingerprint density at radius 3 is 2.31 bits per heavy atom. The number of amides is 2. The van der Waals surface area contributed by atoms with Gasteiger partial charge in [-0.1, -0.05) is 48.5 Å². The van der Waals surface area contributed by atoms with Crippen LogP contribution in [0.2, 0.25) is 0 Å². The average Bonchev–Trinajstić information content (AvgIpc) is 3.54. The summed E-state index contributed by atoms with van der Waals surface area (Å²) in [7, 11) is 0. The maximum Gasteiger partial charge on any atom is 0.255 e. The van der Waals surface area contributed by atoms with E-state index in [1.165, 1.54) is 5.56 Å². The summed E-state index contributed by atoms with van der Waals surface area (Å²) in [5.74, 6) is 0.272. The maximum atomic E-state index is 12.7. The van der Waals surface area contributed by atoms with Gasteiger partial charge in [0.15, 0.2) is 0 Å². The zero-order valence-corrected chi connectivity index (χ0v) is 16.1. The second-order valence-corrected chi connectivity index (χ2v) is 7.76. The molecular weight excluding hydrogens is 360 g/mol. The first-order chi connectivity index (χ1) is 14.2. The molecule has 2 aliphatic rings. The number of carbonyl (C=O) groups is 2. The second-order valence-electron chi connectivity index (χ2n) is 7.76. The van der Waals surface area contributed by atoms with E-state index in [4.69, 9.17) is 0 Å². The van der Waals surface area contributed by atoms with E-state index in [1.54, 1.807) is 0 Å². The molecule has 144 valence electrons. The number of anilines is 2. The van der Waals surface area contributed by atoms with Crippen molar-refractivity contribution in [1.82, 2.24) is 0 Å². The first-order valence-electron chi connectivity index (χ1n) is 10.1. The van der Waals surface area contributed by atoms with Gasteiger partial charge in [0.1, 0.15) is 0 Å². The van der Waals surface area contributed by atoms with Crippen molar-refractivity contribution in [3.8, 4) is 11.1 Å². The Hall–Kier alpha value is -3.40. The van der Waals surface area contributed by atoms with Crippen LogP contribution in [-0.4, -0.2) is 18.4 Å². The fraction of sp³-hybridized carbons (Fsp3) is 0.200. The van der Waals surface area contributed by atoms with E-state index in [0.29, 0.717) is 5.56 Å². The normalized spacial score (nSPS) is 15.1. The van der Waals surface area contributed by atoms with Crippen molar-refractivity contribution in [3.63, 3.8) is 0 Å². The standard InChI is InChI=1S/C25H22N2O2/c28-24(20-8-6-18(7-9-20)17-4-2-1-3-5-17)26-22-13-12-19-14-15-27(23(19)16-22)25(29)21-10-11-21/h1-9,12-13,16,21H,10-11,14-15H2,(H,26,28). The largest absolute Gasteiger partial charge is 0.322 e. The van der Waals surface area contributed by atoms with E-state index in [1.807, 2.05) is 77.7 Å². The van der Waals surface area contributed by atoms with E-state index in [-0.39, 0.29) is 17.7 Å². The lowest BCUT2D eigenvalue weighted by Gasteiger charge is -2.18. The second kappa shape index (κ2) is 7.21. The lowest BCUT2D eigenvalue weighted by atomic mass is 10.0. The first kappa shape index (κ1) is 17.7. The summed E-state index contributed by atoms with van der Waals surface area (Å²) in [6.07, 6.45) is 2.88. The molecule has 0 radical (unpaired) electrons. The minimum absolute atomic E-state index is 0.150. The molecule has 4 heteroatoms. The Morgan fingerprint density at radius 2 is 1.59 bits per heavy atom. The van der Waals surface area contributed by atoms with E-state index < -0.39 is 0 Å². The molecule has 4 nitrogen and oxygen atoms in total. The van der Waals surface area contributed by atoms with E-state index >= 15 is 0 Å². The third kappa shape index (κ3) is 3.54. The van der Waals surface area contributed by atoms with Crippen molar-refractivity contribution in [2.24, 2.45) is 5.92 Å². The molecule has 1 aliphatic heterocycles. The summed E-state index contributed by atoms with van der Waals surface area (Å²) in [5.41, 5.74) is 5.64. The summed E-state index contributed by atoms with van der Waals surface area (Å²) >= 11 is 0. The molecule has 3 aromatic carbocycles. The number of nitrogens with zero attached hydrogens (tertiary/aromatic N) is 1. The van der Waals surface area contributed by atoms with Gasteiger partial charge in [0.25, 0.3) is 5.91 Å². The van der Waals surface area contributed by atoms with Crippen molar-refractivity contribution < 1.29 is 9.59 Å². The third-order valence-corrected chi connectivity index (χ3v) is 5.69. The molecule has 1 saturated carbocycles. The Kier molecular flexibility index (Phi) is 4.39. The fourth-order valence-electron chi connectivity index (χ4n) is 3.88. The predicted molar refractivity (Wildman–Crippen MR) is 115 cm³/mol. The summed E-state index contributed by atoms with van der Waals surface area (Å²) in [5, 5.41) is 2.97. The quantitative estimate of drug-likeness (QED) is 0.697. The fourth-order valence-corrected chi connectivity index (χ4v) is 3.88. The zero-order chi connectivity index (χ0) is 19.8. The van der Waals surface area contributed by atoms with Gasteiger partial charge in [-0.05, 0) is 60.2 Å². The van der Waals surface area contributed by atoms with Crippen molar-refractivity contribution in [2.45, 2.75) is 19.3 Å². The van der Waals surface area contributed by atoms with Gasteiger partial charge in [-0.2, -0.15) is 0 Å². The lowest BCUT2D eigenvalue weighted by molar-refractivity contribution is -0.119. The summed E-state index contributed by atoms with van der Waals surface area (Å²) in [6, 6.07) is 23.6. The van der Waals surface area contributed by atoms with Gasteiger partial charge in [-0.25, -0.2) is 0 Å². The van der Waals surface area contributed by atoms with Gasteiger partial charge in [0.2, 0.25) is 5.91 Å². The summed E-state index contributed by atoms with van der Waals surface area (Å²) in [4.78, 5) is 27.1. The van der Waals surface area contributed by atoms with Gasteiger partial charge in [-0.15, -0.1) is 0 Å².